The molecule has 2 heterocycles. The van der Waals surface area contributed by atoms with Crippen molar-refractivity contribution in [1.29, 1.82) is 0 Å². The number of nitrogens with zero attached hydrogens (tertiary/aromatic N) is 2. The van der Waals surface area contributed by atoms with Crippen molar-refractivity contribution in [2.45, 2.75) is 71.6 Å². The van der Waals surface area contributed by atoms with Crippen molar-refractivity contribution >= 4 is 6.09 Å². The van der Waals surface area contributed by atoms with Crippen molar-refractivity contribution in [2.75, 3.05) is 13.1 Å². The molecule has 2 rings (SSSR count). The first kappa shape index (κ1) is 17.8. The summed E-state index contributed by atoms with van der Waals surface area (Å²) < 4.78 is 11.1. The van der Waals surface area contributed by atoms with Gasteiger partial charge in [0.05, 0.1) is 12.7 Å². The molecule has 1 unspecified atom stereocenters. The van der Waals surface area contributed by atoms with Crippen LogP contribution in [0, 0.1) is 0 Å². The number of likely N-dealkylation sites (tertiary alicyclic amines) is 1. The molecule has 1 aromatic rings. The second-order valence-corrected chi connectivity index (χ2v) is 7.05. The molecule has 1 aromatic heterocycles. The maximum atomic E-state index is 12.1. The van der Waals surface area contributed by atoms with Gasteiger partial charge in [-0.05, 0) is 40.0 Å². The van der Waals surface area contributed by atoms with E-state index < -0.39 is 5.60 Å². The van der Waals surface area contributed by atoms with Crippen LogP contribution in [0.25, 0.3) is 0 Å². The van der Waals surface area contributed by atoms with Crippen LogP contribution >= 0.6 is 0 Å². The standard InChI is InChI=1S/C17H29N3O3/c1-5-14-11-19-15(22-14)12-18-13-7-6-9-20(10-8-13)16(21)23-17(2,3)4/h11,13,18H,5-10,12H2,1-4H3. The number of aryl methyl sites for hydroxylation is 1. The lowest BCUT2D eigenvalue weighted by Crippen LogP contribution is -2.38. The molecule has 1 aliphatic heterocycles. The topological polar surface area (TPSA) is 67.6 Å². The summed E-state index contributed by atoms with van der Waals surface area (Å²) in [5.41, 5.74) is -0.441. The van der Waals surface area contributed by atoms with E-state index in [1.807, 2.05) is 32.6 Å². The highest BCUT2D eigenvalue weighted by molar-refractivity contribution is 5.68. The van der Waals surface area contributed by atoms with Crippen LogP contribution in [-0.2, 0) is 17.7 Å². The zero-order valence-electron chi connectivity index (χ0n) is 14.7. The van der Waals surface area contributed by atoms with E-state index in [2.05, 4.69) is 10.3 Å². The first-order valence-electron chi connectivity index (χ1n) is 8.52. The molecule has 1 fully saturated rings. The monoisotopic (exact) mass is 323 g/mol. The van der Waals surface area contributed by atoms with E-state index in [-0.39, 0.29) is 6.09 Å². The van der Waals surface area contributed by atoms with Crippen molar-refractivity contribution in [2.24, 2.45) is 0 Å². The SMILES string of the molecule is CCc1cnc(CNC2CCCN(C(=O)OC(C)(C)C)CC2)o1. The second kappa shape index (κ2) is 7.81. The Morgan fingerprint density at radius 3 is 2.87 bits per heavy atom. The van der Waals surface area contributed by atoms with Gasteiger partial charge in [-0.1, -0.05) is 6.92 Å². The van der Waals surface area contributed by atoms with Gasteiger partial charge in [0, 0.05) is 25.6 Å². The van der Waals surface area contributed by atoms with Crippen LogP contribution in [0.15, 0.2) is 10.6 Å². The maximum Gasteiger partial charge on any atom is 0.410 e. The quantitative estimate of drug-likeness (QED) is 0.922. The first-order valence-corrected chi connectivity index (χ1v) is 8.52. The highest BCUT2D eigenvalue weighted by atomic mass is 16.6. The molecule has 0 saturated carbocycles. The number of ether oxygens (including phenoxy) is 1. The van der Waals surface area contributed by atoms with Crippen LogP contribution in [0.2, 0.25) is 0 Å². The summed E-state index contributed by atoms with van der Waals surface area (Å²) in [6, 6.07) is 0.374. The Kier molecular flexibility index (Phi) is 6.04. The summed E-state index contributed by atoms with van der Waals surface area (Å²) >= 11 is 0. The van der Waals surface area contributed by atoms with Gasteiger partial charge in [0.2, 0.25) is 5.89 Å². The van der Waals surface area contributed by atoms with E-state index in [1.54, 1.807) is 6.20 Å². The minimum Gasteiger partial charge on any atom is -0.444 e. The van der Waals surface area contributed by atoms with Crippen molar-refractivity contribution in [3.63, 3.8) is 0 Å². The highest BCUT2D eigenvalue weighted by Gasteiger charge is 2.25. The molecule has 6 nitrogen and oxygen atoms in total. The lowest BCUT2D eigenvalue weighted by Gasteiger charge is -2.26. The number of nitrogens with one attached hydrogen (secondary N) is 1. The Balaban J connectivity index is 1.78. The smallest absolute Gasteiger partial charge is 0.410 e. The fraction of sp³-hybridized carbons (Fsp3) is 0.765. The number of rotatable bonds is 4. The number of oxazole rings is 1. The number of hydrogen-bond acceptors (Lipinski definition) is 5. The molecule has 130 valence electrons. The van der Waals surface area contributed by atoms with Crippen molar-refractivity contribution < 1.29 is 13.9 Å². The molecule has 0 bridgehead atoms. The van der Waals surface area contributed by atoms with E-state index in [0.29, 0.717) is 12.6 Å². The minimum absolute atomic E-state index is 0.210. The third kappa shape index (κ3) is 5.86. The van der Waals surface area contributed by atoms with E-state index in [9.17, 15) is 4.79 Å². The third-order valence-electron chi connectivity index (χ3n) is 3.87. The van der Waals surface area contributed by atoms with Gasteiger partial charge in [-0.2, -0.15) is 0 Å². The fourth-order valence-electron chi connectivity index (χ4n) is 2.63. The molecule has 0 radical (unpaired) electrons. The van der Waals surface area contributed by atoms with Gasteiger partial charge >= 0.3 is 6.09 Å². The number of aromatic nitrogens is 1. The van der Waals surface area contributed by atoms with Gasteiger partial charge in [-0.3, -0.25) is 0 Å². The average Bonchev–Trinajstić information content (AvgIpc) is 2.80. The summed E-state index contributed by atoms with van der Waals surface area (Å²) in [6.45, 7) is 9.85. The van der Waals surface area contributed by atoms with Crippen LogP contribution < -0.4 is 5.32 Å². The fourth-order valence-corrected chi connectivity index (χ4v) is 2.63. The number of carbonyl (C=O) groups is 1. The zero-order valence-corrected chi connectivity index (χ0v) is 14.7. The Morgan fingerprint density at radius 2 is 2.22 bits per heavy atom. The van der Waals surface area contributed by atoms with Crippen molar-refractivity contribution in [1.82, 2.24) is 15.2 Å². The maximum absolute atomic E-state index is 12.1. The van der Waals surface area contributed by atoms with Gasteiger partial charge in [-0.15, -0.1) is 0 Å². The van der Waals surface area contributed by atoms with E-state index in [0.717, 1.165) is 50.4 Å². The molecule has 1 aliphatic rings. The molecule has 1 saturated heterocycles. The van der Waals surface area contributed by atoms with Gasteiger partial charge in [0.25, 0.3) is 0 Å². The van der Waals surface area contributed by atoms with Crippen molar-refractivity contribution in [3.05, 3.63) is 17.8 Å². The molecule has 0 aliphatic carbocycles. The normalized spacial score (nSPS) is 19.5. The molecule has 0 aromatic carbocycles. The van der Waals surface area contributed by atoms with Crippen LogP contribution in [0.1, 0.15) is 58.6 Å². The van der Waals surface area contributed by atoms with Gasteiger partial charge in [0.1, 0.15) is 11.4 Å². The van der Waals surface area contributed by atoms with Crippen LogP contribution in [0.4, 0.5) is 4.79 Å². The molecule has 6 heteroatoms. The third-order valence-corrected chi connectivity index (χ3v) is 3.87. The first-order chi connectivity index (χ1) is 10.9. The lowest BCUT2D eigenvalue weighted by molar-refractivity contribution is 0.0256. The molecule has 1 amide bonds. The summed E-state index contributed by atoms with van der Waals surface area (Å²) in [7, 11) is 0. The number of amides is 1. The van der Waals surface area contributed by atoms with E-state index >= 15 is 0 Å². The molecule has 1 N–H and O–H groups in total. The molecule has 23 heavy (non-hydrogen) atoms. The van der Waals surface area contributed by atoms with Crippen molar-refractivity contribution in [3.8, 4) is 0 Å². The number of carbonyl (C=O) groups excluding carboxylic acids is 1. The molecule has 0 spiro atoms. The predicted molar refractivity (Wildman–Crippen MR) is 88.2 cm³/mol. The largest absolute Gasteiger partial charge is 0.444 e. The Bertz CT molecular complexity index is 507. The number of hydrogen-bond donors (Lipinski definition) is 1. The Labute approximate surface area is 138 Å². The Hall–Kier alpha value is -1.56. The highest BCUT2D eigenvalue weighted by Crippen LogP contribution is 2.16. The summed E-state index contributed by atoms with van der Waals surface area (Å²) in [5.74, 6) is 1.65. The predicted octanol–water partition coefficient (Wildman–Crippen LogP) is 3.12. The summed E-state index contributed by atoms with van der Waals surface area (Å²) in [5, 5.41) is 3.49. The van der Waals surface area contributed by atoms with Crippen LogP contribution in [0.3, 0.4) is 0 Å². The van der Waals surface area contributed by atoms with Crippen LogP contribution in [-0.4, -0.2) is 40.7 Å². The van der Waals surface area contributed by atoms with Crippen LogP contribution in [0.5, 0.6) is 0 Å². The van der Waals surface area contributed by atoms with E-state index in [1.165, 1.54) is 0 Å². The van der Waals surface area contributed by atoms with Gasteiger partial charge < -0.3 is 19.4 Å². The van der Waals surface area contributed by atoms with Gasteiger partial charge in [0.15, 0.2) is 0 Å². The zero-order chi connectivity index (χ0) is 16.9. The average molecular weight is 323 g/mol. The van der Waals surface area contributed by atoms with E-state index in [4.69, 9.17) is 9.15 Å². The lowest BCUT2D eigenvalue weighted by atomic mass is 10.1. The molecular weight excluding hydrogens is 294 g/mol. The summed E-state index contributed by atoms with van der Waals surface area (Å²) in [6.07, 6.45) is 5.37. The summed E-state index contributed by atoms with van der Waals surface area (Å²) in [4.78, 5) is 18.2. The Morgan fingerprint density at radius 1 is 1.43 bits per heavy atom. The molecular formula is C17H29N3O3. The molecule has 1 atom stereocenters. The van der Waals surface area contributed by atoms with Gasteiger partial charge in [-0.25, -0.2) is 9.78 Å². The second-order valence-electron chi connectivity index (χ2n) is 7.05. The minimum atomic E-state index is -0.441.